The smallest absolute Gasteiger partial charge is 0.224 e. The Morgan fingerprint density at radius 3 is 2.96 bits per heavy atom. The normalized spacial score (nSPS) is 17.7. The van der Waals surface area contributed by atoms with Gasteiger partial charge in [0.15, 0.2) is 0 Å². The molecule has 0 radical (unpaired) electrons. The van der Waals surface area contributed by atoms with Gasteiger partial charge in [-0.15, -0.1) is 0 Å². The zero-order valence-electron chi connectivity index (χ0n) is 14.0. The van der Waals surface area contributed by atoms with E-state index in [9.17, 15) is 4.79 Å². The zero-order valence-corrected chi connectivity index (χ0v) is 14.0. The maximum absolute atomic E-state index is 12.3. The van der Waals surface area contributed by atoms with E-state index < -0.39 is 0 Å². The standard InChI is InChI=1S/C18H22N4O2/c1-13-5-6-16(11-20-13)24-18-14(4-3-8-19-18)10-21-17(23)15-7-9-22(2)12-15/h3-6,8,11,15H,7,9-10,12H2,1-2H3,(H,21,23). The summed E-state index contributed by atoms with van der Waals surface area (Å²) >= 11 is 0. The number of likely N-dealkylation sites (tertiary alicyclic amines) is 1. The van der Waals surface area contributed by atoms with Gasteiger partial charge in [0.1, 0.15) is 5.75 Å². The van der Waals surface area contributed by atoms with Crippen LogP contribution in [0.15, 0.2) is 36.7 Å². The summed E-state index contributed by atoms with van der Waals surface area (Å²) in [6.07, 6.45) is 4.25. The van der Waals surface area contributed by atoms with Gasteiger partial charge < -0.3 is 15.0 Å². The van der Waals surface area contributed by atoms with Crippen LogP contribution in [0.4, 0.5) is 0 Å². The molecule has 2 aromatic rings. The van der Waals surface area contributed by atoms with E-state index >= 15 is 0 Å². The first-order valence-electron chi connectivity index (χ1n) is 8.12. The number of pyridine rings is 2. The Labute approximate surface area is 141 Å². The fraction of sp³-hybridized carbons (Fsp3) is 0.389. The number of aryl methyl sites for hydroxylation is 1. The van der Waals surface area contributed by atoms with Crippen molar-refractivity contribution in [2.45, 2.75) is 19.9 Å². The second kappa shape index (κ2) is 7.40. The highest BCUT2D eigenvalue weighted by Gasteiger charge is 2.25. The lowest BCUT2D eigenvalue weighted by molar-refractivity contribution is -0.124. The summed E-state index contributed by atoms with van der Waals surface area (Å²) in [5.74, 6) is 1.28. The van der Waals surface area contributed by atoms with Gasteiger partial charge in [-0.05, 0) is 45.1 Å². The van der Waals surface area contributed by atoms with Crippen LogP contribution in [0.1, 0.15) is 17.7 Å². The number of aromatic nitrogens is 2. The minimum Gasteiger partial charge on any atom is -0.437 e. The minimum absolute atomic E-state index is 0.0670. The van der Waals surface area contributed by atoms with Gasteiger partial charge in [0.25, 0.3) is 0 Å². The van der Waals surface area contributed by atoms with Crippen LogP contribution in [0.25, 0.3) is 0 Å². The van der Waals surface area contributed by atoms with Gasteiger partial charge in [-0.1, -0.05) is 6.07 Å². The molecule has 0 saturated carbocycles. The Kier molecular flexibility index (Phi) is 5.05. The Morgan fingerprint density at radius 2 is 2.25 bits per heavy atom. The molecule has 1 saturated heterocycles. The van der Waals surface area contributed by atoms with Gasteiger partial charge in [0.05, 0.1) is 12.1 Å². The molecule has 1 aliphatic rings. The summed E-state index contributed by atoms with van der Waals surface area (Å²) < 4.78 is 5.81. The van der Waals surface area contributed by atoms with Crippen molar-refractivity contribution in [1.82, 2.24) is 20.2 Å². The van der Waals surface area contributed by atoms with Gasteiger partial charge in [0.2, 0.25) is 11.8 Å². The third kappa shape index (κ3) is 4.08. The molecule has 0 aliphatic carbocycles. The maximum Gasteiger partial charge on any atom is 0.224 e. The first-order chi connectivity index (χ1) is 11.6. The SMILES string of the molecule is Cc1ccc(Oc2ncccc2CNC(=O)C2CCN(C)C2)cn1. The van der Waals surface area contributed by atoms with E-state index in [4.69, 9.17) is 4.74 Å². The molecule has 0 spiro atoms. The van der Waals surface area contributed by atoms with Crippen molar-refractivity contribution in [3.63, 3.8) is 0 Å². The topological polar surface area (TPSA) is 67.3 Å². The second-order valence-electron chi connectivity index (χ2n) is 6.17. The molecule has 0 bridgehead atoms. The molecule has 1 atom stereocenters. The predicted octanol–water partition coefficient (Wildman–Crippen LogP) is 2.15. The molecule has 6 heteroatoms. The number of ether oxygens (including phenoxy) is 1. The van der Waals surface area contributed by atoms with Gasteiger partial charge in [-0.3, -0.25) is 9.78 Å². The number of rotatable bonds is 5. The number of carbonyl (C=O) groups excluding carboxylic acids is 1. The molecular formula is C18H22N4O2. The lowest BCUT2D eigenvalue weighted by Crippen LogP contribution is -2.31. The highest BCUT2D eigenvalue weighted by Crippen LogP contribution is 2.22. The van der Waals surface area contributed by atoms with Crippen LogP contribution in [0.2, 0.25) is 0 Å². The minimum atomic E-state index is 0.0670. The van der Waals surface area contributed by atoms with Crippen molar-refractivity contribution in [3.05, 3.63) is 47.9 Å². The van der Waals surface area contributed by atoms with Crippen LogP contribution in [-0.4, -0.2) is 40.9 Å². The summed E-state index contributed by atoms with van der Waals surface area (Å²) in [7, 11) is 2.04. The second-order valence-corrected chi connectivity index (χ2v) is 6.17. The molecule has 1 aliphatic heterocycles. The molecule has 24 heavy (non-hydrogen) atoms. The number of hydrogen-bond donors (Lipinski definition) is 1. The summed E-state index contributed by atoms with van der Waals surface area (Å²) in [5, 5.41) is 3.00. The summed E-state index contributed by atoms with van der Waals surface area (Å²) in [6, 6.07) is 7.49. The number of nitrogens with one attached hydrogen (secondary N) is 1. The molecule has 3 heterocycles. The van der Waals surface area contributed by atoms with Crippen LogP contribution in [0, 0.1) is 12.8 Å². The van der Waals surface area contributed by atoms with Crippen LogP contribution in [0.3, 0.4) is 0 Å². The van der Waals surface area contributed by atoms with Gasteiger partial charge in [-0.2, -0.15) is 0 Å². The van der Waals surface area contributed by atoms with Crippen molar-refractivity contribution in [2.75, 3.05) is 20.1 Å². The Morgan fingerprint density at radius 1 is 1.38 bits per heavy atom. The molecule has 126 valence electrons. The molecule has 1 N–H and O–H groups in total. The first kappa shape index (κ1) is 16.4. The predicted molar refractivity (Wildman–Crippen MR) is 90.7 cm³/mol. The quantitative estimate of drug-likeness (QED) is 0.912. The number of hydrogen-bond acceptors (Lipinski definition) is 5. The van der Waals surface area contributed by atoms with Crippen LogP contribution in [0.5, 0.6) is 11.6 Å². The molecule has 0 aromatic carbocycles. The Balaban J connectivity index is 1.63. The van der Waals surface area contributed by atoms with E-state index in [0.717, 1.165) is 30.8 Å². The zero-order chi connectivity index (χ0) is 16.9. The van der Waals surface area contributed by atoms with Crippen molar-refractivity contribution in [3.8, 4) is 11.6 Å². The largest absolute Gasteiger partial charge is 0.437 e. The lowest BCUT2D eigenvalue weighted by Gasteiger charge is -2.13. The van der Waals surface area contributed by atoms with Gasteiger partial charge >= 0.3 is 0 Å². The Hall–Kier alpha value is -2.47. The molecular weight excluding hydrogens is 304 g/mol. The molecule has 1 fully saturated rings. The molecule has 3 rings (SSSR count). The van der Waals surface area contributed by atoms with Crippen LogP contribution < -0.4 is 10.1 Å². The van der Waals surface area contributed by atoms with Gasteiger partial charge in [-0.25, -0.2) is 4.98 Å². The van der Waals surface area contributed by atoms with Crippen LogP contribution in [-0.2, 0) is 11.3 Å². The molecule has 6 nitrogen and oxygen atoms in total. The number of carbonyl (C=O) groups is 1. The Bertz CT molecular complexity index is 702. The number of nitrogens with zero attached hydrogens (tertiary/aromatic N) is 3. The average Bonchev–Trinajstić information content (AvgIpc) is 3.02. The monoisotopic (exact) mass is 326 g/mol. The van der Waals surface area contributed by atoms with Crippen molar-refractivity contribution >= 4 is 5.91 Å². The van der Waals surface area contributed by atoms with Crippen molar-refractivity contribution in [1.29, 1.82) is 0 Å². The van der Waals surface area contributed by atoms with Gasteiger partial charge in [0, 0.05) is 30.5 Å². The fourth-order valence-electron chi connectivity index (χ4n) is 2.75. The van der Waals surface area contributed by atoms with E-state index in [1.54, 1.807) is 12.4 Å². The first-order valence-corrected chi connectivity index (χ1v) is 8.12. The van der Waals surface area contributed by atoms with E-state index in [1.165, 1.54) is 0 Å². The summed E-state index contributed by atoms with van der Waals surface area (Å²) in [4.78, 5) is 22.9. The highest BCUT2D eigenvalue weighted by molar-refractivity contribution is 5.79. The molecule has 1 unspecified atom stereocenters. The van der Waals surface area contributed by atoms with E-state index in [-0.39, 0.29) is 11.8 Å². The number of amides is 1. The third-order valence-electron chi connectivity index (χ3n) is 4.16. The van der Waals surface area contributed by atoms with E-state index in [2.05, 4.69) is 20.2 Å². The highest BCUT2D eigenvalue weighted by atomic mass is 16.5. The lowest BCUT2D eigenvalue weighted by atomic mass is 10.1. The maximum atomic E-state index is 12.3. The van der Waals surface area contributed by atoms with E-state index in [0.29, 0.717) is 18.2 Å². The summed E-state index contributed by atoms with van der Waals surface area (Å²) in [5.41, 5.74) is 1.77. The third-order valence-corrected chi connectivity index (χ3v) is 4.16. The molecule has 1 amide bonds. The average molecular weight is 326 g/mol. The van der Waals surface area contributed by atoms with E-state index in [1.807, 2.05) is 38.2 Å². The molecule has 2 aromatic heterocycles. The van der Waals surface area contributed by atoms with Crippen molar-refractivity contribution < 1.29 is 9.53 Å². The summed E-state index contributed by atoms with van der Waals surface area (Å²) in [6.45, 7) is 4.12. The van der Waals surface area contributed by atoms with Crippen LogP contribution >= 0.6 is 0 Å². The van der Waals surface area contributed by atoms with Crippen molar-refractivity contribution in [2.24, 2.45) is 5.92 Å². The fourth-order valence-corrected chi connectivity index (χ4v) is 2.75.